The first-order chi connectivity index (χ1) is 6.93. The third kappa shape index (κ3) is 3.25. The molecule has 5 heteroatoms. The van der Waals surface area contributed by atoms with Crippen LogP contribution in [0.1, 0.15) is 38.5 Å². The van der Waals surface area contributed by atoms with Crippen LogP contribution in [0.25, 0.3) is 0 Å². The van der Waals surface area contributed by atoms with Gasteiger partial charge in [0.25, 0.3) is 0 Å². The number of Topliss-reactive ketones (excluding diaryl/α,β-unsaturated/α-hetero) is 1. The zero-order valence-electron chi connectivity index (χ0n) is 8.23. The number of aliphatic hydroxyl groups is 1. The predicted octanol–water partition coefficient (Wildman–Crippen LogP) is 3.28. The zero-order valence-corrected chi connectivity index (χ0v) is 8.23. The summed E-state index contributed by atoms with van der Waals surface area (Å²) in [5.74, 6) is -2.26. The van der Waals surface area contributed by atoms with Crippen LogP contribution in [0.5, 0.6) is 0 Å². The number of rotatable bonds is 0. The van der Waals surface area contributed by atoms with Gasteiger partial charge in [-0.2, -0.15) is 13.2 Å². The van der Waals surface area contributed by atoms with Crippen molar-refractivity contribution in [1.82, 2.24) is 0 Å². The van der Waals surface area contributed by atoms with Gasteiger partial charge in [-0.25, -0.2) is 0 Å². The van der Waals surface area contributed by atoms with Crippen LogP contribution >= 0.6 is 0 Å². The van der Waals surface area contributed by atoms with Gasteiger partial charge < -0.3 is 5.11 Å². The van der Waals surface area contributed by atoms with Crippen molar-refractivity contribution < 1.29 is 23.1 Å². The number of allylic oxidation sites excluding steroid dienone is 2. The van der Waals surface area contributed by atoms with Crippen LogP contribution in [0.3, 0.4) is 0 Å². The van der Waals surface area contributed by atoms with E-state index in [-0.39, 0.29) is 12.8 Å². The highest BCUT2D eigenvalue weighted by molar-refractivity contribution is 5.95. The van der Waals surface area contributed by atoms with E-state index < -0.39 is 23.3 Å². The molecule has 0 aromatic carbocycles. The number of aliphatic hydroxyl groups excluding tert-OH is 1. The molecule has 15 heavy (non-hydrogen) atoms. The molecule has 0 bridgehead atoms. The molecule has 0 amide bonds. The molecule has 1 fully saturated rings. The van der Waals surface area contributed by atoms with Gasteiger partial charge in [-0.1, -0.05) is 12.8 Å². The lowest BCUT2D eigenvalue weighted by atomic mass is 9.94. The average Bonchev–Trinajstić information content (AvgIpc) is 2.10. The van der Waals surface area contributed by atoms with E-state index in [1.165, 1.54) is 0 Å². The second-order valence-electron chi connectivity index (χ2n) is 3.66. The molecule has 2 nitrogen and oxygen atoms in total. The molecule has 0 saturated heterocycles. The Hall–Kier alpha value is -1.00. The van der Waals surface area contributed by atoms with Crippen molar-refractivity contribution >= 4 is 5.78 Å². The maximum absolute atomic E-state index is 12.2. The van der Waals surface area contributed by atoms with E-state index in [0.29, 0.717) is 12.8 Å². The van der Waals surface area contributed by atoms with Crippen molar-refractivity contribution in [2.45, 2.75) is 44.7 Å². The molecular weight excluding hydrogens is 209 g/mol. The standard InChI is InChI=1S/C10H13F3O2/c11-10(12,13)9(15)7-5-3-1-2-4-6-8(7)14/h15H,1-6H2. The van der Waals surface area contributed by atoms with Crippen molar-refractivity contribution in [3.8, 4) is 0 Å². The summed E-state index contributed by atoms with van der Waals surface area (Å²) in [7, 11) is 0. The fraction of sp³-hybridized carbons (Fsp3) is 0.700. The van der Waals surface area contributed by atoms with Crippen LogP contribution in [0, 0.1) is 0 Å². The first-order valence-electron chi connectivity index (χ1n) is 4.95. The number of hydrogen-bond donors (Lipinski definition) is 1. The molecular formula is C10H13F3O2. The number of hydrogen-bond acceptors (Lipinski definition) is 2. The number of halogens is 3. The van der Waals surface area contributed by atoms with Gasteiger partial charge in [0, 0.05) is 12.0 Å². The molecule has 1 aliphatic rings. The Morgan fingerprint density at radius 3 is 2.13 bits per heavy atom. The Kier molecular flexibility index (Phi) is 3.77. The quantitative estimate of drug-likeness (QED) is 0.504. The number of alkyl halides is 3. The molecule has 0 heterocycles. The lowest BCUT2D eigenvalue weighted by Gasteiger charge is -2.14. The van der Waals surface area contributed by atoms with Crippen molar-refractivity contribution in [3.63, 3.8) is 0 Å². The topological polar surface area (TPSA) is 37.3 Å². The van der Waals surface area contributed by atoms with E-state index in [1.54, 1.807) is 0 Å². The molecule has 1 aliphatic carbocycles. The predicted molar refractivity (Wildman–Crippen MR) is 48.4 cm³/mol. The van der Waals surface area contributed by atoms with Gasteiger partial charge in [0.2, 0.25) is 5.76 Å². The molecule has 0 atom stereocenters. The lowest BCUT2D eigenvalue weighted by molar-refractivity contribution is -0.127. The Labute approximate surface area is 85.8 Å². The van der Waals surface area contributed by atoms with E-state index in [9.17, 15) is 18.0 Å². The third-order valence-corrected chi connectivity index (χ3v) is 2.47. The Balaban J connectivity index is 2.92. The fourth-order valence-corrected chi connectivity index (χ4v) is 1.65. The summed E-state index contributed by atoms with van der Waals surface area (Å²) in [5, 5.41) is 8.93. The van der Waals surface area contributed by atoms with E-state index >= 15 is 0 Å². The van der Waals surface area contributed by atoms with Gasteiger partial charge in [-0.3, -0.25) is 4.79 Å². The minimum atomic E-state index is -4.80. The summed E-state index contributed by atoms with van der Waals surface area (Å²) in [6.07, 6.45) is -1.85. The van der Waals surface area contributed by atoms with Crippen molar-refractivity contribution in [2.24, 2.45) is 0 Å². The molecule has 86 valence electrons. The molecule has 1 rings (SSSR count). The minimum absolute atomic E-state index is 0.0319. The van der Waals surface area contributed by atoms with Crippen LogP contribution in [-0.4, -0.2) is 17.1 Å². The van der Waals surface area contributed by atoms with E-state index in [1.807, 2.05) is 0 Å². The van der Waals surface area contributed by atoms with Gasteiger partial charge in [-0.05, 0) is 19.3 Å². The van der Waals surface area contributed by atoms with Crippen molar-refractivity contribution in [3.05, 3.63) is 11.3 Å². The molecule has 0 aromatic rings. The van der Waals surface area contributed by atoms with Crippen LogP contribution < -0.4 is 0 Å². The van der Waals surface area contributed by atoms with E-state index in [4.69, 9.17) is 5.11 Å². The van der Waals surface area contributed by atoms with Gasteiger partial charge >= 0.3 is 6.18 Å². The first kappa shape index (κ1) is 12.1. The normalized spacial score (nSPS) is 23.3. The largest absolute Gasteiger partial charge is 0.504 e. The van der Waals surface area contributed by atoms with Crippen molar-refractivity contribution in [2.75, 3.05) is 0 Å². The molecule has 1 N–H and O–H groups in total. The molecule has 0 spiro atoms. The molecule has 0 aliphatic heterocycles. The Morgan fingerprint density at radius 1 is 1.07 bits per heavy atom. The summed E-state index contributed by atoms with van der Waals surface area (Å²) < 4.78 is 36.5. The maximum Gasteiger partial charge on any atom is 0.449 e. The summed E-state index contributed by atoms with van der Waals surface area (Å²) >= 11 is 0. The minimum Gasteiger partial charge on any atom is -0.504 e. The smallest absolute Gasteiger partial charge is 0.449 e. The van der Waals surface area contributed by atoms with Crippen molar-refractivity contribution in [1.29, 1.82) is 0 Å². The molecule has 0 aromatic heterocycles. The number of ketones is 1. The van der Waals surface area contributed by atoms with E-state index in [0.717, 1.165) is 12.8 Å². The van der Waals surface area contributed by atoms with Crippen LogP contribution in [0.15, 0.2) is 11.3 Å². The zero-order chi connectivity index (χ0) is 11.5. The van der Waals surface area contributed by atoms with Crippen LogP contribution in [0.2, 0.25) is 0 Å². The summed E-state index contributed by atoms with van der Waals surface area (Å²) in [6, 6.07) is 0. The summed E-state index contributed by atoms with van der Waals surface area (Å²) in [5.41, 5.74) is -0.442. The fourth-order valence-electron chi connectivity index (χ4n) is 1.65. The van der Waals surface area contributed by atoms with E-state index in [2.05, 4.69) is 0 Å². The maximum atomic E-state index is 12.2. The highest BCUT2D eigenvalue weighted by Crippen LogP contribution is 2.30. The molecule has 1 saturated carbocycles. The monoisotopic (exact) mass is 222 g/mol. The second-order valence-corrected chi connectivity index (χ2v) is 3.66. The molecule has 0 radical (unpaired) electrons. The number of carbonyl (C=O) groups is 1. The summed E-state index contributed by atoms with van der Waals surface area (Å²) in [6.45, 7) is 0. The highest BCUT2D eigenvalue weighted by Gasteiger charge is 2.38. The number of carbonyl (C=O) groups excluding carboxylic acids is 1. The lowest BCUT2D eigenvalue weighted by Crippen LogP contribution is -2.18. The van der Waals surface area contributed by atoms with Gasteiger partial charge in [0.15, 0.2) is 5.78 Å². The van der Waals surface area contributed by atoms with Gasteiger partial charge in [-0.15, -0.1) is 0 Å². The highest BCUT2D eigenvalue weighted by atomic mass is 19.4. The Morgan fingerprint density at radius 2 is 1.60 bits per heavy atom. The van der Waals surface area contributed by atoms with Crippen LogP contribution in [-0.2, 0) is 4.79 Å². The summed E-state index contributed by atoms with van der Waals surface area (Å²) in [4.78, 5) is 11.3. The SMILES string of the molecule is O=C1CCCCCCC1=C(O)C(F)(F)F. The van der Waals surface area contributed by atoms with Gasteiger partial charge in [0.05, 0.1) is 0 Å². The van der Waals surface area contributed by atoms with Crippen LogP contribution in [0.4, 0.5) is 13.2 Å². The molecule has 0 unspecified atom stereocenters. The first-order valence-corrected chi connectivity index (χ1v) is 4.95. The Bertz CT molecular complexity index is 279. The second kappa shape index (κ2) is 4.68. The average molecular weight is 222 g/mol. The van der Waals surface area contributed by atoms with Gasteiger partial charge in [0.1, 0.15) is 0 Å². The third-order valence-electron chi connectivity index (χ3n) is 2.47.